The predicted octanol–water partition coefficient (Wildman–Crippen LogP) is 6.24. The van der Waals surface area contributed by atoms with E-state index in [-0.39, 0.29) is 31.9 Å². The molecule has 16 nitrogen and oxygen atoms in total. The van der Waals surface area contributed by atoms with Crippen molar-refractivity contribution in [2.24, 2.45) is 11.8 Å². The van der Waals surface area contributed by atoms with Gasteiger partial charge in [-0.3, -0.25) is 14.4 Å². The topological polar surface area (TPSA) is 193 Å². The molecule has 0 radical (unpaired) electrons. The SMILES string of the molecule is C.CC[C@H]1OC(=O)[C@@](C)(F)C(=O)[C@H](C)[C@@H](O[C@@H]2OC(C)CC(N(C)C)C2O)[C@](C)(OC)C[C@@H](C)CN[C@H](Cc2ccccc2)[C@H]2N(CCCCn3cc(-c4cccc(N)c4)nn3)C(=O)O[C@]12C. The number of alkyl halides is 1. The van der Waals surface area contributed by atoms with Crippen LogP contribution in [0, 0.1) is 11.8 Å². The molecule has 3 saturated heterocycles. The lowest BCUT2D eigenvalue weighted by Gasteiger charge is -2.47. The van der Waals surface area contributed by atoms with Crippen molar-refractivity contribution in [1.29, 1.82) is 0 Å². The number of carbonyl (C=O) groups excluding carboxylic acids is 3. The van der Waals surface area contributed by atoms with Gasteiger partial charge in [-0.25, -0.2) is 14.0 Å². The predicted molar refractivity (Wildman–Crippen MR) is 254 cm³/mol. The number of likely N-dealkylation sites (N-methyl/N-ethyl adjacent to an activating group) is 1. The fourth-order valence-electron chi connectivity index (χ4n) is 10.3. The second kappa shape index (κ2) is 22.3. The third-order valence-electron chi connectivity index (χ3n) is 14.0. The molecule has 4 N–H and O–H groups in total. The second-order valence-corrected chi connectivity index (χ2v) is 19.5. The van der Waals surface area contributed by atoms with Gasteiger partial charge in [0.1, 0.15) is 17.9 Å². The standard InChI is InChI=1S/C49H72FN7O9.CH4/c1-11-39-49(7)41(57(46(61)66-49)23-16-15-22-56-29-37(53-54-56)34-20-17-21-35(51)26-34)36(25-33-18-13-12-14-19-33)52-28-30(2)27-47(5,62-10)43(32(4)42(59)48(6,50)45(60)64-39)65-44-40(58)38(55(8)9)24-31(3)63-44;/h12-14,17-21,26,29-32,36,38-41,43-44,52,58H,11,15-16,22-25,27-28,51H2,1-10H3;1H4/t30-,31?,32+,36-,38?,39-,40?,41-,43-,44+,47-,48+,49-;/m1./s1. The van der Waals surface area contributed by atoms with Crippen molar-refractivity contribution in [3.05, 3.63) is 66.4 Å². The van der Waals surface area contributed by atoms with Gasteiger partial charge in [-0.05, 0) is 110 Å². The fourth-order valence-corrected chi connectivity index (χ4v) is 10.3. The van der Waals surface area contributed by atoms with E-state index in [2.05, 4.69) is 15.6 Å². The number of hydrogen-bond donors (Lipinski definition) is 3. The number of aliphatic hydroxyl groups is 1. The second-order valence-electron chi connectivity index (χ2n) is 19.5. The minimum Gasteiger partial charge on any atom is -0.455 e. The Hall–Kier alpha value is -4.52. The van der Waals surface area contributed by atoms with Gasteiger partial charge in [-0.15, -0.1) is 5.10 Å². The van der Waals surface area contributed by atoms with Gasteiger partial charge in [0.2, 0.25) is 0 Å². The Bertz CT molecular complexity index is 2110. The number of anilines is 1. The lowest BCUT2D eigenvalue weighted by Crippen LogP contribution is -2.62. The van der Waals surface area contributed by atoms with Gasteiger partial charge in [0.15, 0.2) is 17.7 Å². The van der Waals surface area contributed by atoms with Crippen LogP contribution in [0.15, 0.2) is 60.8 Å². The Labute approximate surface area is 396 Å². The largest absolute Gasteiger partial charge is 0.455 e. The summed E-state index contributed by atoms with van der Waals surface area (Å²) in [4.78, 5) is 46.6. The molecule has 17 heteroatoms. The van der Waals surface area contributed by atoms with Crippen LogP contribution in [0.5, 0.6) is 0 Å². The summed E-state index contributed by atoms with van der Waals surface area (Å²) in [6.07, 6.45) is -1.01. The number of esters is 1. The summed E-state index contributed by atoms with van der Waals surface area (Å²) in [5, 5.41) is 24.0. The number of aryl methyl sites for hydroxylation is 1. The molecule has 4 heterocycles. The number of rotatable bonds is 13. The third-order valence-corrected chi connectivity index (χ3v) is 14.0. The lowest BCUT2D eigenvalue weighted by molar-refractivity contribution is -0.295. The van der Waals surface area contributed by atoms with Crippen molar-refractivity contribution in [1.82, 2.24) is 30.1 Å². The molecule has 3 unspecified atom stereocenters. The number of nitrogens with two attached hydrogens (primary N) is 1. The molecule has 67 heavy (non-hydrogen) atoms. The maximum atomic E-state index is 17.3. The Kier molecular flexibility index (Phi) is 17.8. The highest BCUT2D eigenvalue weighted by molar-refractivity contribution is 6.07. The number of carbonyl (C=O) groups is 3. The van der Waals surface area contributed by atoms with Crippen molar-refractivity contribution < 1.29 is 47.6 Å². The number of nitrogens with one attached hydrogen (secondary N) is 1. The van der Waals surface area contributed by atoms with Gasteiger partial charge >= 0.3 is 12.1 Å². The number of unbranched alkanes of at least 4 members (excludes halogenated alkanes) is 1. The molecule has 0 saturated carbocycles. The average molecular weight is 938 g/mol. The summed E-state index contributed by atoms with van der Waals surface area (Å²) in [5.74, 6) is -3.94. The van der Waals surface area contributed by atoms with Crippen molar-refractivity contribution in [3.63, 3.8) is 0 Å². The molecule has 3 aliphatic heterocycles. The van der Waals surface area contributed by atoms with Gasteiger partial charge < -0.3 is 44.7 Å². The number of ether oxygens (including phenoxy) is 5. The molecule has 0 bridgehead atoms. The molecular weight excluding hydrogens is 862 g/mol. The number of aliphatic hydroxyl groups excluding tert-OH is 1. The highest BCUT2D eigenvalue weighted by Crippen LogP contribution is 2.41. The number of methoxy groups -OCH3 is 1. The third kappa shape index (κ3) is 11.9. The molecule has 1 aromatic heterocycles. The van der Waals surface area contributed by atoms with E-state index in [1.165, 1.54) is 14.0 Å². The first-order valence-corrected chi connectivity index (χ1v) is 23.4. The van der Waals surface area contributed by atoms with Crippen molar-refractivity contribution >= 4 is 23.5 Å². The van der Waals surface area contributed by atoms with E-state index < -0.39 is 77.3 Å². The smallest absolute Gasteiger partial charge is 0.410 e. The monoisotopic (exact) mass is 938 g/mol. The molecule has 3 fully saturated rings. The Morgan fingerprint density at radius 2 is 1.73 bits per heavy atom. The Balaban J connectivity index is 0.00000840. The zero-order valence-electron chi connectivity index (χ0n) is 40.3. The zero-order chi connectivity index (χ0) is 48.1. The van der Waals surface area contributed by atoms with E-state index in [1.54, 1.807) is 30.4 Å². The molecule has 372 valence electrons. The number of cyclic esters (lactones) is 1. The van der Waals surface area contributed by atoms with Crippen LogP contribution < -0.4 is 11.1 Å². The highest BCUT2D eigenvalue weighted by atomic mass is 19.1. The number of nitrogen functional groups attached to an aromatic ring is 1. The number of fused-ring (bicyclic) bond motifs is 1. The van der Waals surface area contributed by atoms with Gasteiger partial charge in [0.05, 0.1) is 30.0 Å². The van der Waals surface area contributed by atoms with Crippen LogP contribution in [0.25, 0.3) is 11.3 Å². The summed E-state index contributed by atoms with van der Waals surface area (Å²) in [7, 11) is 5.22. The number of nitrogens with zero attached hydrogens (tertiary/aromatic N) is 5. The number of Topliss-reactive ketones (excluding diaryl/α,β-unsaturated/α-hetero) is 1. The normalized spacial score (nSPS) is 34.4. The summed E-state index contributed by atoms with van der Waals surface area (Å²) < 4.78 is 50.4. The van der Waals surface area contributed by atoms with Crippen LogP contribution in [0.3, 0.4) is 0 Å². The van der Waals surface area contributed by atoms with Crippen LogP contribution in [0.1, 0.15) is 93.6 Å². The first-order valence-electron chi connectivity index (χ1n) is 23.4. The van der Waals surface area contributed by atoms with Gasteiger partial charge in [-0.2, -0.15) is 0 Å². The number of benzene rings is 2. The van der Waals surface area contributed by atoms with Crippen molar-refractivity contribution in [3.8, 4) is 11.3 Å². The molecule has 13 atom stereocenters. The van der Waals surface area contributed by atoms with Gasteiger partial charge in [-0.1, -0.05) is 75.9 Å². The van der Waals surface area contributed by atoms with Crippen LogP contribution in [-0.2, 0) is 46.2 Å². The van der Waals surface area contributed by atoms with E-state index in [9.17, 15) is 19.5 Å². The first-order chi connectivity index (χ1) is 31.2. The highest BCUT2D eigenvalue weighted by Gasteiger charge is 2.61. The first kappa shape index (κ1) is 53.4. The maximum absolute atomic E-state index is 17.3. The van der Waals surface area contributed by atoms with Crippen LogP contribution >= 0.6 is 0 Å². The van der Waals surface area contributed by atoms with Crippen LogP contribution in [0.4, 0.5) is 14.9 Å². The Morgan fingerprint density at radius 1 is 1.03 bits per heavy atom. The van der Waals surface area contributed by atoms with Gasteiger partial charge in [0.25, 0.3) is 5.67 Å². The van der Waals surface area contributed by atoms with E-state index in [0.29, 0.717) is 63.1 Å². The summed E-state index contributed by atoms with van der Waals surface area (Å²) >= 11 is 0. The van der Waals surface area contributed by atoms with E-state index in [1.807, 2.05) is 93.6 Å². The summed E-state index contributed by atoms with van der Waals surface area (Å²) in [6, 6.07) is 15.8. The van der Waals surface area contributed by atoms with Crippen molar-refractivity contribution in [2.45, 2.75) is 167 Å². The van der Waals surface area contributed by atoms with Crippen LogP contribution in [0.2, 0.25) is 0 Å². The lowest BCUT2D eigenvalue weighted by atomic mass is 9.78. The molecule has 1 amide bonds. The molecular formula is C50H76FN7O9. The average Bonchev–Trinajstić information content (AvgIpc) is 3.86. The quantitative estimate of drug-likeness (QED) is 0.0756. The van der Waals surface area contributed by atoms with E-state index >= 15 is 4.39 Å². The van der Waals surface area contributed by atoms with E-state index in [4.69, 9.17) is 29.4 Å². The molecule has 3 aromatic rings. The molecule has 0 spiro atoms. The fraction of sp³-hybridized carbons (Fsp3) is 0.660. The zero-order valence-corrected chi connectivity index (χ0v) is 40.3. The van der Waals surface area contributed by atoms with Crippen molar-refractivity contribution in [2.75, 3.05) is 40.0 Å². The minimum absolute atomic E-state index is 0. The molecule has 0 aliphatic carbocycles. The summed E-state index contributed by atoms with van der Waals surface area (Å²) in [6.45, 7) is 12.9. The molecule has 6 rings (SSSR count). The number of halogens is 1. The number of hydrogen-bond acceptors (Lipinski definition) is 14. The number of aromatic nitrogens is 3. The molecule has 2 aromatic carbocycles. The number of amides is 1. The summed E-state index contributed by atoms with van der Waals surface area (Å²) in [5.41, 5.74) is 3.26. The van der Waals surface area contributed by atoms with Gasteiger partial charge in [0, 0.05) is 49.5 Å². The maximum Gasteiger partial charge on any atom is 0.410 e. The van der Waals surface area contributed by atoms with Crippen LogP contribution in [-0.4, -0.2) is 148 Å². The van der Waals surface area contributed by atoms with E-state index in [0.717, 1.165) is 18.1 Å². The minimum atomic E-state index is -3.16. The molecule has 3 aliphatic rings. The number of ketones is 1. The Morgan fingerprint density at radius 3 is 2.39 bits per heavy atom.